The fourth-order valence-corrected chi connectivity index (χ4v) is 2.36. The summed E-state index contributed by atoms with van der Waals surface area (Å²) in [5.74, 6) is 0. The Labute approximate surface area is 126 Å². The maximum atomic E-state index is 13.2. The zero-order valence-corrected chi connectivity index (χ0v) is 12.4. The van der Waals surface area contributed by atoms with Crippen molar-refractivity contribution in [2.45, 2.75) is 13.1 Å². The van der Waals surface area contributed by atoms with Crippen LogP contribution < -0.4 is 0 Å². The molecule has 2 aromatic heterocycles. The van der Waals surface area contributed by atoms with Crippen LogP contribution in [0.4, 0.5) is 13.2 Å². The molecule has 0 fully saturated rings. The predicted octanol–water partition coefficient (Wildman–Crippen LogP) is 4.49. The largest absolute Gasteiger partial charge is 0.433 e. The lowest BCUT2D eigenvalue weighted by molar-refractivity contribution is -0.142. The summed E-state index contributed by atoms with van der Waals surface area (Å²) in [5.41, 5.74) is 1.20. The summed E-state index contributed by atoms with van der Waals surface area (Å²) in [6.07, 6.45) is -3.21. The van der Waals surface area contributed by atoms with Crippen LogP contribution in [-0.4, -0.2) is 14.6 Å². The molecule has 3 nitrogen and oxygen atoms in total. The maximum Gasteiger partial charge on any atom is 0.433 e. The van der Waals surface area contributed by atoms with Gasteiger partial charge in [0.25, 0.3) is 0 Å². The molecule has 0 aliphatic rings. The van der Waals surface area contributed by atoms with E-state index in [1.165, 1.54) is 6.20 Å². The Bertz CT molecular complexity index is 807. The van der Waals surface area contributed by atoms with E-state index in [-0.39, 0.29) is 11.3 Å². The highest BCUT2D eigenvalue weighted by Crippen LogP contribution is 2.33. The van der Waals surface area contributed by atoms with E-state index in [1.807, 2.05) is 19.1 Å². The zero-order valence-electron chi connectivity index (χ0n) is 10.8. The number of hydrogen-bond donors (Lipinski definition) is 0. The number of rotatable bonds is 1. The maximum absolute atomic E-state index is 13.2. The summed E-state index contributed by atoms with van der Waals surface area (Å²) >= 11 is 3.17. The van der Waals surface area contributed by atoms with Crippen LogP contribution in [0, 0.1) is 6.92 Å². The van der Waals surface area contributed by atoms with Gasteiger partial charge in [-0.15, -0.1) is 0 Å². The van der Waals surface area contributed by atoms with Gasteiger partial charge < -0.3 is 0 Å². The summed E-state index contributed by atoms with van der Waals surface area (Å²) in [6, 6.07) is 8.17. The number of benzene rings is 1. The molecule has 7 heteroatoms. The van der Waals surface area contributed by atoms with Crippen molar-refractivity contribution in [1.29, 1.82) is 0 Å². The van der Waals surface area contributed by atoms with E-state index in [1.54, 1.807) is 12.1 Å². The van der Waals surface area contributed by atoms with E-state index < -0.39 is 11.9 Å². The average molecular weight is 356 g/mol. The lowest BCUT2D eigenvalue weighted by atomic mass is 10.1. The van der Waals surface area contributed by atoms with Crippen LogP contribution in [0.15, 0.2) is 41.0 Å². The van der Waals surface area contributed by atoms with Crippen LogP contribution in [0.1, 0.15) is 11.3 Å². The van der Waals surface area contributed by atoms with Gasteiger partial charge in [0.05, 0.1) is 16.4 Å². The molecule has 3 aromatic rings. The number of halogens is 4. The molecule has 0 bridgehead atoms. The Morgan fingerprint density at radius 2 is 1.81 bits per heavy atom. The summed E-state index contributed by atoms with van der Waals surface area (Å²) in [7, 11) is 0. The molecule has 0 saturated carbocycles. The van der Waals surface area contributed by atoms with Crippen molar-refractivity contribution in [3.05, 3.63) is 52.3 Å². The fourth-order valence-electron chi connectivity index (χ4n) is 2.01. The van der Waals surface area contributed by atoms with Crippen molar-refractivity contribution in [2.24, 2.45) is 0 Å². The normalized spacial score (nSPS) is 12.0. The first-order valence-corrected chi connectivity index (χ1v) is 6.84. The molecular formula is C14H9BrF3N3. The van der Waals surface area contributed by atoms with Crippen molar-refractivity contribution in [3.8, 4) is 11.3 Å². The Morgan fingerprint density at radius 1 is 1.14 bits per heavy atom. The third-order valence-corrected chi connectivity index (χ3v) is 3.63. The summed E-state index contributed by atoms with van der Waals surface area (Å²) in [4.78, 5) is 4.26. The highest BCUT2D eigenvalue weighted by Gasteiger charge is 2.35. The zero-order chi connectivity index (χ0) is 15.2. The van der Waals surface area contributed by atoms with E-state index in [0.717, 1.165) is 16.1 Å². The molecule has 0 saturated heterocycles. The van der Waals surface area contributed by atoms with Crippen molar-refractivity contribution < 1.29 is 13.2 Å². The molecule has 0 unspecified atom stereocenters. The second kappa shape index (κ2) is 4.84. The average Bonchev–Trinajstić information content (AvgIpc) is 2.79. The predicted molar refractivity (Wildman–Crippen MR) is 75.9 cm³/mol. The molecule has 21 heavy (non-hydrogen) atoms. The molecule has 0 spiro atoms. The molecule has 0 N–H and O–H groups in total. The van der Waals surface area contributed by atoms with Crippen LogP contribution in [-0.2, 0) is 6.18 Å². The van der Waals surface area contributed by atoms with E-state index in [4.69, 9.17) is 0 Å². The number of aromatic nitrogens is 3. The molecule has 0 aliphatic carbocycles. The second-order valence-corrected chi connectivity index (χ2v) is 5.47. The lowest BCUT2D eigenvalue weighted by Crippen LogP contribution is -2.13. The minimum atomic E-state index is -4.51. The Morgan fingerprint density at radius 3 is 2.43 bits per heavy atom. The van der Waals surface area contributed by atoms with Crippen molar-refractivity contribution in [2.75, 3.05) is 0 Å². The topological polar surface area (TPSA) is 30.2 Å². The van der Waals surface area contributed by atoms with E-state index in [2.05, 4.69) is 26.0 Å². The molecule has 108 valence electrons. The number of fused-ring (bicyclic) bond motifs is 1. The number of hydrogen-bond acceptors (Lipinski definition) is 2. The standard InChI is InChI=1S/C14H9BrF3N3/c1-8-2-4-9(5-3-8)11-6-12(14(16,17)18)21-13(20-11)10(15)7-19-21/h2-7H,1H3. The van der Waals surface area contributed by atoms with E-state index in [0.29, 0.717) is 10.0 Å². The first-order chi connectivity index (χ1) is 9.86. The first kappa shape index (κ1) is 14.1. The third kappa shape index (κ3) is 2.53. The SMILES string of the molecule is Cc1ccc(-c2cc(C(F)(F)F)n3ncc(Br)c3n2)cc1. The molecular weight excluding hydrogens is 347 g/mol. The van der Waals surface area contributed by atoms with Crippen molar-refractivity contribution >= 4 is 21.6 Å². The van der Waals surface area contributed by atoms with Gasteiger partial charge in [0.15, 0.2) is 11.3 Å². The molecule has 0 radical (unpaired) electrons. The van der Waals surface area contributed by atoms with Gasteiger partial charge >= 0.3 is 6.18 Å². The minimum Gasteiger partial charge on any atom is -0.227 e. The Kier molecular flexibility index (Phi) is 3.24. The summed E-state index contributed by atoms with van der Waals surface area (Å²) in [6.45, 7) is 1.91. The monoisotopic (exact) mass is 355 g/mol. The molecule has 0 atom stereocenters. The van der Waals surface area contributed by atoms with Crippen molar-refractivity contribution in [3.63, 3.8) is 0 Å². The summed E-state index contributed by atoms with van der Waals surface area (Å²) in [5, 5.41) is 3.72. The van der Waals surface area contributed by atoms with Crippen molar-refractivity contribution in [1.82, 2.24) is 14.6 Å². The van der Waals surface area contributed by atoms with Gasteiger partial charge in [-0.05, 0) is 28.9 Å². The van der Waals surface area contributed by atoms with Crippen LogP contribution >= 0.6 is 15.9 Å². The van der Waals surface area contributed by atoms with Gasteiger partial charge in [-0.3, -0.25) is 0 Å². The van der Waals surface area contributed by atoms with Crippen LogP contribution in [0.3, 0.4) is 0 Å². The van der Waals surface area contributed by atoms with Crippen LogP contribution in [0.5, 0.6) is 0 Å². The quantitative estimate of drug-likeness (QED) is 0.643. The highest BCUT2D eigenvalue weighted by molar-refractivity contribution is 9.10. The highest BCUT2D eigenvalue weighted by atomic mass is 79.9. The second-order valence-electron chi connectivity index (χ2n) is 4.62. The minimum absolute atomic E-state index is 0.139. The molecule has 0 aliphatic heterocycles. The van der Waals surface area contributed by atoms with E-state index in [9.17, 15) is 13.2 Å². The van der Waals surface area contributed by atoms with Crippen LogP contribution in [0.2, 0.25) is 0 Å². The van der Waals surface area contributed by atoms with Gasteiger partial charge in [-0.2, -0.15) is 18.3 Å². The molecule has 3 rings (SSSR count). The van der Waals surface area contributed by atoms with Gasteiger partial charge in [-0.1, -0.05) is 29.8 Å². The lowest BCUT2D eigenvalue weighted by Gasteiger charge is -2.11. The molecule has 2 heterocycles. The first-order valence-electron chi connectivity index (χ1n) is 6.05. The fraction of sp³-hybridized carbons (Fsp3) is 0.143. The number of aryl methyl sites for hydroxylation is 1. The van der Waals surface area contributed by atoms with Gasteiger partial charge in [0, 0.05) is 5.56 Å². The third-order valence-electron chi connectivity index (χ3n) is 3.07. The number of alkyl halides is 3. The Balaban J connectivity index is 2.29. The van der Waals surface area contributed by atoms with E-state index >= 15 is 0 Å². The number of nitrogens with zero attached hydrogens (tertiary/aromatic N) is 3. The smallest absolute Gasteiger partial charge is 0.227 e. The van der Waals surface area contributed by atoms with Gasteiger partial charge in [0.2, 0.25) is 0 Å². The summed E-state index contributed by atoms with van der Waals surface area (Å²) < 4.78 is 40.8. The molecule has 0 amide bonds. The van der Waals surface area contributed by atoms with Gasteiger partial charge in [0.1, 0.15) is 0 Å². The molecule has 1 aromatic carbocycles. The van der Waals surface area contributed by atoms with Gasteiger partial charge in [-0.25, -0.2) is 9.50 Å². The van der Waals surface area contributed by atoms with Crippen LogP contribution in [0.25, 0.3) is 16.9 Å². The Hall–Kier alpha value is -1.89.